The van der Waals surface area contributed by atoms with Crippen molar-refractivity contribution >= 4 is 11.9 Å². The van der Waals surface area contributed by atoms with Gasteiger partial charge in [0.15, 0.2) is 0 Å². The summed E-state index contributed by atoms with van der Waals surface area (Å²) in [7, 11) is 0. The van der Waals surface area contributed by atoms with Crippen LogP contribution < -0.4 is 10.9 Å². The predicted octanol–water partition coefficient (Wildman–Crippen LogP) is 7.38. The van der Waals surface area contributed by atoms with Crippen molar-refractivity contribution in [3.63, 3.8) is 0 Å². The van der Waals surface area contributed by atoms with Crippen molar-refractivity contribution in [2.24, 2.45) is 5.92 Å². The maximum Gasteiger partial charge on any atom is 0.416 e. The lowest BCUT2D eigenvalue weighted by Crippen LogP contribution is -2.41. The fourth-order valence-corrected chi connectivity index (χ4v) is 6.44. The quantitative estimate of drug-likeness (QED) is 0.150. The molecule has 1 amide bonds. The topological polar surface area (TPSA) is 80.6 Å². The molecule has 2 atom stereocenters. The molecule has 1 saturated heterocycles. The fourth-order valence-electron chi connectivity index (χ4n) is 6.44. The van der Waals surface area contributed by atoms with Crippen LogP contribution in [0.1, 0.15) is 85.5 Å². The van der Waals surface area contributed by atoms with Gasteiger partial charge in [-0.2, -0.15) is 13.2 Å². The Kier molecular flexibility index (Phi) is 12.1. The van der Waals surface area contributed by atoms with Crippen molar-refractivity contribution < 1.29 is 36.3 Å². The van der Waals surface area contributed by atoms with E-state index in [1.54, 1.807) is 47.6 Å². The van der Waals surface area contributed by atoms with Gasteiger partial charge in [-0.15, -0.1) is 0 Å². The molecule has 1 aromatic heterocycles. The summed E-state index contributed by atoms with van der Waals surface area (Å²) in [6.07, 6.45) is -3.06. The molecule has 12 heteroatoms. The van der Waals surface area contributed by atoms with Crippen LogP contribution >= 0.6 is 0 Å². The molecule has 1 fully saturated rings. The summed E-state index contributed by atoms with van der Waals surface area (Å²) in [4.78, 5) is 42.3. The Bertz CT molecular complexity index is 1720. The monoisotopic (exact) mass is 689 g/mol. The normalized spacial score (nSPS) is 14.8. The van der Waals surface area contributed by atoms with Gasteiger partial charge in [0.05, 0.1) is 24.6 Å². The van der Waals surface area contributed by atoms with Gasteiger partial charge in [-0.3, -0.25) is 14.4 Å². The minimum absolute atomic E-state index is 0.0239. The van der Waals surface area contributed by atoms with Crippen LogP contribution in [0.4, 0.5) is 22.0 Å². The third-order valence-corrected chi connectivity index (χ3v) is 8.83. The molecule has 1 aliphatic rings. The average Bonchev–Trinajstić information content (AvgIpc) is 2.96. The van der Waals surface area contributed by atoms with Crippen molar-refractivity contribution in [1.29, 1.82) is 0 Å². The SMILES string of the molecule is CCOC(=O)C[C@H](NC(=O)C(CC(C)C)n1cc(CCN2CCC2)c(C(F)(F)F)cc1=O)c1cc(C)cc(-c2c(C)cc(F)cc2C)c1F. The van der Waals surface area contributed by atoms with Gasteiger partial charge in [0, 0.05) is 29.9 Å². The van der Waals surface area contributed by atoms with E-state index in [9.17, 15) is 31.9 Å². The van der Waals surface area contributed by atoms with Crippen LogP contribution in [0, 0.1) is 38.3 Å². The molecule has 0 bridgehead atoms. The average molecular weight is 690 g/mol. The Balaban J connectivity index is 1.80. The molecule has 49 heavy (non-hydrogen) atoms. The number of carbonyl (C=O) groups excluding carboxylic acids is 2. The molecule has 1 N–H and O–H groups in total. The molecule has 7 nitrogen and oxygen atoms in total. The number of aryl methyl sites for hydroxylation is 3. The maximum atomic E-state index is 16.6. The highest BCUT2D eigenvalue weighted by atomic mass is 19.4. The summed E-state index contributed by atoms with van der Waals surface area (Å²) >= 11 is 0. The largest absolute Gasteiger partial charge is 0.466 e. The first kappa shape index (κ1) is 37.8. The molecule has 0 saturated carbocycles. The number of halogens is 5. The van der Waals surface area contributed by atoms with E-state index < -0.39 is 59.3 Å². The molecule has 0 aliphatic carbocycles. The highest BCUT2D eigenvalue weighted by molar-refractivity contribution is 5.82. The Labute approximate surface area is 283 Å². The molecule has 266 valence electrons. The lowest BCUT2D eigenvalue weighted by molar-refractivity contribution is -0.144. The Morgan fingerprint density at radius 2 is 1.65 bits per heavy atom. The van der Waals surface area contributed by atoms with Crippen LogP contribution in [-0.4, -0.2) is 47.6 Å². The number of nitrogens with one attached hydrogen (secondary N) is 1. The maximum absolute atomic E-state index is 16.6. The number of rotatable bonds is 13. The number of nitrogens with zero attached hydrogens (tertiary/aromatic N) is 2. The number of alkyl halides is 3. The standard InChI is InChI=1S/C37H44F5N3O4/c1-7-49-33(47)19-30(27-14-22(4)15-28(35(27)39)34-23(5)16-26(38)17-24(34)6)43-36(48)31(13-21(2)3)45-20-25(9-12-44-10-8-11-44)29(18-32(45)46)37(40,41)42/h14-18,20-21,30-31H,7-13,19H2,1-6H3,(H,43,48)/t30-,31?/m0/s1. The first-order chi connectivity index (χ1) is 23.0. The van der Waals surface area contributed by atoms with E-state index in [0.717, 1.165) is 30.3 Å². The number of amides is 1. The highest BCUT2D eigenvalue weighted by Gasteiger charge is 2.36. The van der Waals surface area contributed by atoms with Crippen molar-refractivity contribution in [3.05, 3.63) is 91.9 Å². The van der Waals surface area contributed by atoms with Crippen molar-refractivity contribution in [2.45, 2.75) is 85.5 Å². The van der Waals surface area contributed by atoms with Gasteiger partial charge in [-0.1, -0.05) is 19.9 Å². The van der Waals surface area contributed by atoms with Gasteiger partial charge in [-0.25, -0.2) is 8.78 Å². The number of ether oxygens (including phenoxy) is 1. The molecule has 1 unspecified atom stereocenters. The molecule has 2 heterocycles. The molecule has 2 aromatic carbocycles. The third-order valence-electron chi connectivity index (χ3n) is 8.83. The number of hydrogen-bond donors (Lipinski definition) is 1. The van der Waals surface area contributed by atoms with Gasteiger partial charge in [0.2, 0.25) is 5.91 Å². The van der Waals surface area contributed by atoms with Crippen molar-refractivity contribution in [1.82, 2.24) is 14.8 Å². The number of esters is 1. The second-order valence-corrected chi connectivity index (χ2v) is 13.2. The highest BCUT2D eigenvalue weighted by Crippen LogP contribution is 2.36. The molecular weight excluding hydrogens is 645 g/mol. The summed E-state index contributed by atoms with van der Waals surface area (Å²) in [6.45, 7) is 12.2. The first-order valence-corrected chi connectivity index (χ1v) is 16.6. The zero-order valence-corrected chi connectivity index (χ0v) is 28.8. The molecule has 3 aromatic rings. The van der Waals surface area contributed by atoms with Crippen LogP contribution in [0.25, 0.3) is 11.1 Å². The Hall–Kier alpha value is -4.06. The molecule has 0 radical (unpaired) electrons. The van der Waals surface area contributed by atoms with E-state index >= 15 is 4.39 Å². The Morgan fingerprint density at radius 3 is 2.20 bits per heavy atom. The minimum Gasteiger partial charge on any atom is -0.466 e. The number of pyridine rings is 1. The number of benzene rings is 2. The van der Waals surface area contributed by atoms with Crippen LogP contribution in [0.3, 0.4) is 0 Å². The van der Waals surface area contributed by atoms with Gasteiger partial charge in [-0.05, 0) is 112 Å². The van der Waals surface area contributed by atoms with E-state index in [2.05, 4.69) is 5.32 Å². The number of carbonyl (C=O) groups is 2. The summed E-state index contributed by atoms with van der Waals surface area (Å²) in [6, 6.07) is 3.67. The summed E-state index contributed by atoms with van der Waals surface area (Å²) in [5.74, 6) is -2.87. The lowest BCUT2D eigenvalue weighted by atomic mass is 9.90. The van der Waals surface area contributed by atoms with E-state index in [1.165, 1.54) is 18.2 Å². The Morgan fingerprint density at radius 1 is 1.00 bits per heavy atom. The van der Waals surface area contributed by atoms with Gasteiger partial charge < -0.3 is 19.5 Å². The van der Waals surface area contributed by atoms with Gasteiger partial charge in [0.1, 0.15) is 17.7 Å². The van der Waals surface area contributed by atoms with Crippen LogP contribution in [0.15, 0.2) is 41.3 Å². The zero-order chi connectivity index (χ0) is 36.2. The number of aromatic nitrogens is 1. The minimum atomic E-state index is -4.77. The second-order valence-electron chi connectivity index (χ2n) is 13.2. The van der Waals surface area contributed by atoms with Crippen molar-refractivity contribution in [2.75, 3.05) is 26.2 Å². The van der Waals surface area contributed by atoms with E-state index in [0.29, 0.717) is 34.9 Å². The van der Waals surface area contributed by atoms with E-state index in [-0.39, 0.29) is 42.1 Å². The lowest BCUT2D eigenvalue weighted by Gasteiger charge is -2.31. The van der Waals surface area contributed by atoms with Crippen LogP contribution in [-0.2, 0) is 26.9 Å². The van der Waals surface area contributed by atoms with Crippen LogP contribution in [0.2, 0.25) is 0 Å². The molecule has 1 aliphatic heterocycles. The predicted molar refractivity (Wildman–Crippen MR) is 177 cm³/mol. The first-order valence-electron chi connectivity index (χ1n) is 16.6. The van der Waals surface area contributed by atoms with Crippen LogP contribution in [0.5, 0.6) is 0 Å². The third kappa shape index (κ3) is 9.14. The van der Waals surface area contributed by atoms with E-state index in [4.69, 9.17) is 4.74 Å². The van der Waals surface area contributed by atoms with Gasteiger partial charge >= 0.3 is 12.1 Å². The van der Waals surface area contributed by atoms with E-state index in [1.807, 2.05) is 4.90 Å². The summed E-state index contributed by atoms with van der Waals surface area (Å²) in [5, 5.41) is 2.74. The number of hydrogen-bond acceptors (Lipinski definition) is 5. The second kappa shape index (κ2) is 15.7. The van der Waals surface area contributed by atoms with Crippen molar-refractivity contribution in [3.8, 4) is 11.1 Å². The van der Waals surface area contributed by atoms with Gasteiger partial charge in [0.25, 0.3) is 5.56 Å². The summed E-state index contributed by atoms with van der Waals surface area (Å²) in [5.41, 5.74) is 0.00322. The number of likely N-dealkylation sites (tertiary alicyclic amines) is 1. The molecular formula is C37H44F5N3O4. The molecule has 4 rings (SSSR count). The smallest absolute Gasteiger partial charge is 0.416 e. The summed E-state index contributed by atoms with van der Waals surface area (Å²) < 4.78 is 79.0. The zero-order valence-electron chi connectivity index (χ0n) is 28.8. The molecule has 0 spiro atoms. The fraction of sp³-hybridized carbons (Fsp3) is 0.486.